The van der Waals surface area contributed by atoms with Crippen molar-refractivity contribution in [3.05, 3.63) is 24.3 Å². The maximum Gasteiger partial charge on any atom is 0.244 e. The smallest absolute Gasteiger partial charge is 0.244 e. The molecule has 1 aromatic rings. The van der Waals surface area contributed by atoms with Crippen molar-refractivity contribution < 1.29 is 19.2 Å². The Hall–Kier alpha value is -1.90. The molecule has 1 saturated heterocycles. The highest BCUT2D eigenvalue weighted by atomic mass is 32.1. The summed E-state index contributed by atoms with van der Waals surface area (Å²) in [5.74, 6) is 0.722. The number of carbonyl (C=O) groups is 1. The number of anilines is 1. The average Bonchev–Trinajstić information content (AvgIpc) is 2.59. The van der Waals surface area contributed by atoms with E-state index in [1.807, 2.05) is 31.2 Å². The second kappa shape index (κ2) is 10.3. The van der Waals surface area contributed by atoms with Gasteiger partial charge in [-0.25, -0.2) is 0 Å². The molecule has 8 heteroatoms. The highest BCUT2D eigenvalue weighted by molar-refractivity contribution is 7.80. The Kier molecular flexibility index (Phi) is 8.08. The van der Waals surface area contributed by atoms with E-state index in [0.29, 0.717) is 18.1 Å². The fourth-order valence-electron chi connectivity index (χ4n) is 3.04. The number of thiocarbonyl (C=S) groups is 1. The third kappa shape index (κ3) is 7.15. The number of rotatable bonds is 6. The van der Waals surface area contributed by atoms with Crippen molar-refractivity contribution in [2.75, 3.05) is 31.6 Å². The summed E-state index contributed by atoms with van der Waals surface area (Å²) in [4.78, 5) is 13.4. The summed E-state index contributed by atoms with van der Waals surface area (Å²) in [6.45, 7) is 9.36. The molecule has 1 heterocycles. The Morgan fingerprint density at radius 1 is 1.23 bits per heavy atom. The molecule has 1 amide bonds. The quantitative estimate of drug-likeness (QED) is 0.424. The van der Waals surface area contributed by atoms with Crippen LogP contribution >= 0.6 is 12.2 Å². The van der Waals surface area contributed by atoms with Gasteiger partial charge in [0.15, 0.2) is 5.11 Å². The van der Waals surface area contributed by atoms with Crippen LogP contribution in [0.3, 0.4) is 0 Å². The summed E-state index contributed by atoms with van der Waals surface area (Å²) in [6.07, 6.45) is 0.912. The number of hydrogen-bond acceptors (Lipinski definition) is 4. The lowest BCUT2D eigenvalue weighted by Gasteiger charge is -2.32. The number of quaternary nitrogens is 1. The Bertz CT molecular complexity index is 587. The highest BCUT2D eigenvalue weighted by Gasteiger charge is 2.25. The highest BCUT2D eigenvalue weighted by Crippen LogP contribution is 2.15. The Balaban J connectivity index is 1.65. The maximum absolute atomic E-state index is 12.0. The van der Waals surface area contributed by atoms with E-state index in [1.54, 1.807) is 0 Å². The molecule has 26 heavy (non-hydrogen) atoms. The number of ether oxygens (including phenoxy) is 2. The molecule has 0 saturated carbocycles. The number of nitrogens with one attached hydrogen (secondary N) is 4. The van der Waals surface area contributed by atoms with E-state index < -0.39 is 0 Å². The molecule has 2 atom stereocenters. The molecule has 0 aromatic heterocycles. The van der Waals surface area contributed by atoms with Crippen molar-refractivity contribution in [1.29, 1.82) is 0 Å². The molecule has 0 radical (unpaired) electrons. The number of amides is 1. The van der Waals surface area contributed by atoms with Gasteiger partial charge in [-0.3, -0.25) is 15.6 Å². The number of carbonyl (C=O) groups excluding carboxylic acids is 1. The van der Waals surface area contributed by atoms with Gasteiger partial charge >= 0.3 is 0 Å². The van der Waals surface area contributed by atoms with E-state index in [-0.39, 0.29) is 18.1 Å². The second-order valence-corrected chi connectivity index (χ2v) is 6.91. The summed E-state index contributed by atoms with van der Waals surface area (Å²) in [5.41, 5.74) is 6.19. The lowest BCUT2D eigenvalue weighted by atomic mass is 10.2. The van der Waals surface area contributed by atoms with Gasteiger partial charge in [0.1, 0.15) is 31.0 Å². The number of morpholine rings is 1. The number of benzene rings is 1. The standard InChI is InChI=1S/C18H28N4O3S/c1-4-24-16-7-5-15(6-8-16)19-18(26)21-20-17(23)9-10-22-11-13(2)25-14(3)12-22/h5-8,13-14H,4,9-12H2,1-3H3,(H,20,23)(H2,19,21,26)/p+1/t13-,14-/m1/s1. The van der Waals surface area contributed by atoms with E-state index >= 15 is 0 Å². The van der Waals surface area contributed by atoms with Crippen LogP contribution in [0.15, 0.2) is 24.3 Å². The molecule has 4 N–H and O–H groups in total. The van der Waals surface area contributed by atoms with Crippen LogP contribution < -0.4 is 25.8 Å². The lowest BCUT2D eigenvalue weighted by Crippen LogP contribution is -3.15. The Labute approximate surface area is 160 Å². The van der Waals surface area contributed by atoms with Crippen molar-refractivity contribution in [3.63, 3.8) is 0 Å². The number of hydrazine groups is 1. The maximum atomic E-state index is 12.0. The molecule has 2 rings (SSSR count). The molecule has 1 aromatic carbocycles. The van der Waals surface area contributed by atoms with Gasteiger partial charge in [0.2, 0.25) is 5.91 Å². The van der Waals surface area contributed by atoms with Crippen LogP contribution in [0.5, 0.6) is 5.75 Å². The van der Waals surface area contributed by atoms with E-state index in [2.05, 4.69) is 30.0 Å². The van der Waals surface area contributed by atoms with E-state index in [9.17, 15) is 4.79 Å². The monoisotopic (exact) mass is 381 g/mol. The predicted molar refractivity (Wildman–Crippen MR) is 105 cm³/mol. The average molecular weight is 382 g/mol. The van der Waals surface area contributed by atoms with Gasteiger partial charge in [0, 0.05) is 5.69 Å². The van der Waals surface area contributed by atoms with Gasteiger partial charge in [0.25, 0.3) is 0 Å². The molecule has 0 unspecified atom stereocenters. The summed E-state index contributed by atoms with van der Waals surface area (Å²) in [7, 11) is 0. The van der Waals surface area contributed by atoms with Crippen molar-refractivity contribution in [1.82, 2.24) is 10.9 Å². The molecular weight excluding hydrogens is 352 g/mol. The van der Waals surface area contributed by atoms with Gasteiger partial charge in [0.05, 0.1) is 19.6 Å². The molecule has 0 aliphatic carbocycles. The SMILES string of the molecule is CCOc1ccc(NC(=S)NNC(=O)CC[NH+]2C[C@@H](C)O[C@H](C)C2)cc1. The summed E-state index contributed by atoms with van der Waals surface area (Å²) in [5, 5.41) is 3.35. The first-order valence-corrected chi connectivity index (χ1v) is 9.44. The third-order valence-electron chi connectivity index (χ3n) is 4.06. The predicted octanol–water partition coefficient (Wildman–Crippen LogP) is 0.485. The molecule has 0 spiro atoms. The van der Waals surface area contributed by atoms with Crippen LogP contribution in [-0.2, 0) is 9.53 Å². The topological polar surface area (TPSA) is 76.1 Å². The van der Waals surface area contributed by atoms with Crippen molar-refractivity contribution in [2.45, 2.75) is 39.4 Å². The molecular formula is C18H29N4O3S+. The Morgan fingerprint density at radius 2 is 1.88 bits per heavy atom. The first-order valence-electron chi connectivity index (χ1n) is 9.04. The van der Waals surface area contributed by atoms with E-state index in [0.717, 1.165) is 31.1 Å². The zero-order valence-electron chi connectivity index (χ0n) is 15.6. The first-order chi connectivity index (χ1) is 12.5. The zero-order valence-corrected chi connectivity index (χ0v) is 16.4. The summed E-state index contributed by atoms with van der Waals surface area (Å²) >= 11 is 5.19. The van der Waals surface area contributed by atoms with Gasteiger partial charge in [-0.15, -0.1) is 0 Å². The van der Waals surface area contributed by atoms with Gasteiger partial charge in [-0.1, -0.05) is 0 Å². The number of hydrogen-bond donors (Lipinski definition) is 4. The normalized spacial score (nSPS) is 22.3. The van der Waals surface area contributed by atoms with E-state index in [1.165, 1.54) is 4.90 Å². The summed E-state index contributed by atoms with van der Waals surface area (Å²) < 4.78 is 11.1. The van der Waals surface area contributed by atoms with Crippen LogP contribution in [0.4, 0.5) is 5.69 Å². The van der Waals surface area contributed by atoms with Crippen molar-refractivity contribution >= 4 is 28.9 Å². The minimum absolute atomic E-state index is 0.0832. The largest absolute Gasteiger partial charge is 0.494 e. The van der Waals surface area contributed by atoms with Crippen LogP contribution in [-0.4, -0.2) is 49.5 Å². The summed E-state index contributed by atoms with van der Waals surface area (Å²) in [6, 6.07) is 7.45. The molecule has 144 valence electrons. The van der Waals surface area contributed by atoms with Crippen LogP contribution in [0.2, 0.25) is 0 Å². The van der Waals surface area contributed by atoms with Crippen LogP contribution in [0, 0.1) is 0 Å². The first kappa shape index (κ1) is 20.4. The zero-order chi connectivity index (χ0) is 18.9. The van der Waals surface area contributed by atoms with Gasteiger partial charge in [-0.2, -0.15) is 0 Å². The third-order valence-corrected chi connectivity index (χ3v) is 4.27. The van der Waals surface area contributed by atoms with Crippen LogP contribution in [0.25, 0.3) is 0 Å². The minimum Gasteiger partial charge on any atom is -0.494 e. The van der Waals surface area contributed by atoms with Crippen LogP contribution in [0.1, 0.15) is 27.2 Å². The fourth-order valence-corrected chi connectivity index (χ4v) is 3.20. The van der Waals surface area contributed by atoms with Gasteiger partial charge < -0.3 is 19.7 Å². The van der Waals surface area contributed by atoms with Crippen molar-refractivity contribution in [2.24, 2.45) is 0 Å². The van der Waals surface area contributed by atoms with Crippen molar-refractivity contribution in [3.8, 4) is 5.75 Å². The molecule has 1 aliphatic heterocycles. The molecule has 0 bridgehead atoms. The molecule has 1 fully saturated rings. The molecule has 7 nitrogen and oxygen atoms in total. The molecule has 1 aliphatic rings. The second-order valence-electron chi connectivity index (χ2n) is 6.50. The van der Waals surface area contributed by atoms with Gasteiger partial charge in [-0.05, 0) is 57.3 Å². The lowest BCUT2D eigenvalue weighted by molar-refractivity contribution is -0.914. The minimum atomic E-state index is -0.0832. The fraction of sp³-hybridized carbons (Fsp3) is 0.556. The van der Waals surface area contributed by atoms with E-state index in [4.69, 9.17) is 21.7 Å². The Morgan fingerprint density at radius 3 is 2.50 bits per heavy atom.